The fourth-order valence-electron chi connectivity index (χ4n) is 7.22. The van der Waals surface area contributed by atoms with Crippen LogP contribution in [0.5, 0.6) is 0 Å². The number of unbranched alkanes of at least 4 members (excludes halogenated alkanes) is 15. The number of esters is 2. The van der Waals surface area contributed by atoms with Crippen molar-refractivity contribution in [3.8, 4) is 0 Å². The van der Waals surface area contributed by atoms with E-state index < -0.39 is 70.1 Å². The van der Waals surface area contributed by atoms with Crippen molar-refractivity contribution in [1.82, 2.24) is 0 Å². The molecule has 0 aromatic rings. The van der Waals surface area contributed by atoms with E-state index in [1.807, 2.05) is 6.08 Å². The van der Waals surface area contributed by atoms with Crippen molar-refractivity contribution < 1.29 is 63.1 Å². The van der Waals surface area contributed by atoms with Crippen molar-refractivity contribution in [2.45, 2.75) is 205 Å². The van der Waals surface area contributed by atoms with Crippen LogP contribution in [0, 0.1) is 17.8 Å². The van der Waals surface area contributed by atoms with E-state index in [1.54, 1.807) is 6.08 Å². The van der Waals surface area contributed by atoms with Gasteiger partial charge in [-0.15, -0.1) is 0 Å². The van der Waals surface area contributed by atoms with Gasteiger partial charge in [-0.3, -0.25) is 18.6 Å². The third-order valence-corrected chi connectivity index (χ3v) is 11.6. The molecule has 0 bridgehead atoms. The van der Waals surface area contributed by atoms with Gasteiger partial charge in [-0.25, -0.2) is 4.57 Å². The van der Waals surface area contributed by atoms with E-state index in [0.29, 0.717) is 38.5 Å². The number of carbonyl (C=O) groups is 2. The molecule has 0 saturated heterocycles. The first-order valence-electron chi connectivity index (χ1n) is 22.3. The van der Waals surface area contributed by atoms with Gasteiger partial charge in [0.1, 0.15) is 12.7 Å². The van der Waals surface area contributed by atoms with Crippen LogP contribution in [0.15, 0.2) is 12.2 Å². The van der Waals surface area contributed by atoms with Crippen LogP contribution < -0.4 is 0 Å². The van der Waals surface area contributed by atoms with E-state index in [2.05, 4.69) is 25.3 Å². The first-order valence-corrected chi connectivity index (χ1v) is 23.8. The van der Waals surface area contributed by atoms with E-state index in [9.17, 15) is 39.5 Å². The second-order valence-corrected chi connectivity index (χ2v) is 18.0. The Morgan fingerprint density at radius 3 is 1.86 bits per heavy atom. The van der Waals surface area contributed by atoms with Crippen LogP contribution in [0.25, 0.3) is 0 Å². The molecule has 0 aromatic carbocycles. The van der Waals surface area contributed by atoms with Crippen LogP contribution in [0.3, 0.4) is 0 Å². The molecule has 1 saturated carbocycles. The lowest BCUT2D eigenvalue weighted by molar-refractivity contribution is -0.161. The molecule has 13 nitrogen and oxygen atoms in total. The maximum atomic E-state index is 12.7. The monoisotopic (exact) mass is 837 g/mol. The van der Waals surface area contributed by atoms with E-state index in [-0.39, 0.29) is 31.3 Å². The third kappa shape index (κ3) is 28.7. The summed E-state index contributed by atoms with van der Waals surface area (Å²) in [4.78, 5) is 35.2. The summed E-state index contributed by atoms with van der Waals surface area (Å²) in [6.07, 6.45) is 21.0. The molecule has 336 valence electrons. The van der Waals surface area contributed by atoms with Crippen molar-refractivity contribution in [2.75, 3.05) is 26.4 Å². The van der Waals surface area contributed by atoms with Crippen LogP contribution in [0.4, 0.5) is 0 Å². The SMILES string of the molecule is CCCCC[C@H](O)/C=C/[C@@H]1[C@@H](CCCCCCC(=O)O[C@H](COC(=O)CCCCCCCCCCCCCC(C)C)COP(=O)(O)OC[C@@H](O)CO)[C@@H](O)C[C@H]1O. The summed E-state index contributed by atoms with van der Waals surface area (Å²) in [6.45, 7) is 4.35. The van der Waals surface area contributed by atoms with Gasteiger partial charge in [0.2, 0.25) is 0 Å². The minimum Gasteiger partial charge on any atom is -0.462 e. The van der Waals surface area contributed by atoms with E-state index in [0.717, 1.165) is 57.3 Å². The van der Waals surface area contributed by atoms with Gasteiger partial charge in [-0.2, -0.15) is 0 Å². The van der Waals surface area contributed by atoms with E-state index in [1.165, 1.54) is 51.4 Å². The highest BCUT2D eigenvalue weighted by molar-refractivity contribution is 7.47. The quantitative estimate of drug-likeness (QED) is 0.0153. The number of carbonyl (C=O) groups excluding carboxylic acids is 2. The number of aliphatic hydroxyl groups excluding tert-OH is 5. The van der Waals surface area contributed by atoms with Crippen LogP contribution >= 0.6 is 7.82 Å². The molecule has 0 radical (unpaired) electrons. The maximum Gasteiger partial charge on any atom is 0.472 e. The summed E-state index contributed by atoms with van der Waals surface area (Å²) in [5.74, 6) is -0.605. The summed E-state index contributed by atoms with van der Waals surface area (Å²) in [5.41, 5.74) is 0. The summed E-state index contributed by atoms with van der Waals surface area (Å²) >= 11 is 0. The zero-order valence-electron chi connectivity index (χ0n) is 35.6. The normalized spacial score (nSPS) is 21.2. The number of phosphoric ester groups is 1. The van der Waals surface area contributed by atoms with Gasteiger partial charge in [-0.05, 0) is 37.5 Å². The van der Waals surface area contributed by atoms with Crippen LogP contribution in [-0.2, 0) is 32.7 Å². The summed E-state index contributed by atoms with van der Waals surface area (Å²) in [6, 6.07) is 0. The zero-order chi connectivity index (χ0) is 42.3. The fraction of sp³-hybridized carbons (Fsp3) is 0.907. The van der Waals surface area contributed by atoms with Crippen molar-refractivity contribution in [1.29, 1.82) is 0 Å². The first-order chi connectivity index (χ1) is 27.3. The molecular weight excluding hydrogens is 755 g/mol. The highest BCUT2D eigenvalue weighted by Crippen LogP contribution is 2.43. The lowest BCUT2D eigenvalue weighted by Crippen LogP contribution is -2.29. The van der Waals surface area contributed by atoms with Crippen LogP contribution in [0.1, 0.15) is 175 Å². The Labute approximate surface area is 343 Å². The number of hydrogen-bond donors (Lipinski definition) is 6. The summed E-state index contributed by atoms with van der Waals surface area (Å²) < 4.78 is 32.7. The second-order valence-electron chi connectivity index (χ2n) is 16.5. The molecule has 0 amide bonds. The Hall–Kier alpha value is -1.41. The van der Waals surface area contributed by atoms with Crippen molar-refractivity contribution in [3.05, 3.63) is 12.2 Å². The molecule has 1 aliphatic rings. The highest BCUT2D eigenvalue weighted by atomic mass is 31.2. The van der Waals surface area contributed by atoms with Crippen molar-refractivity contribution in [3.63, 3.8) is 0 Å². The Morgan fingerprint density at radius 2 is 1.26 bits per heavy atom. The maximum absolute atomic E-state index is 12.7. The number of ether oxygens (including phenoxy) is 2. The number of phosphoric acid groups is 1. The molecule has 57 heavy (non-hydrogen) atoms. The Morgan fingerprint density at radius 1 is 0.719 bits per heavy atom. The molecule has 0 heterocycles. The highest BCUT2D eigenvalue weighted by Gasteiger charge is 2.39. The van der Waals surface area contributed by atoms with Crippen LogP contribution in [0.2, 0.25) is 0 Å². The Kier molecular flexibility index (Phi) is 31.3. The summed E-state index contributed by atoms with van der Waals surface area (Å²) in [7, 11) is -4.67. The lowest BCUT2D eigenvalue weighted by Gasteiger charge is -2.21. The third-order valence-electron chi connectivity index (χ3n) is 10.7. The fourth-order valence-corrected chi connectivity index (χ4v) is 8.01. The van der Waals surface area contributed by atoms with Gasteiger partial charge < -0.3 is 39.9 Å². The lowest BCUT2D eigenvalue weighted by atomic mass is 9.88. The number of aliphatic hydroxyl groups is 5. The molecular formula is C43H81O13P. The van der Waals surface area contributed by atoms with Gasteiger partial charge >= 0.3 is 19.8 Å². The van der Waals surface area contributed by atoms with E-state index >= 15 is 0 Å². The average Bonchev–Trinajstić information content (AvgIpc) is 3.44. The minimum absolute atomic E-state index is 0.0603. The molecule has 0 aliphatic heterocycles. The molecule has 1 unspecified atom stereocenters. The van der Waals surface area contributed by atoms with Crippen molar-refractivity contribution in [2.24, 2.45) is 17.8 Å². The molecule has 8 atom stereocenters. The predicted octanol–water partition coefficient (Wildman–Crippen LogP) is 7.85. The van der Waals surface area contributed by atoms with Crippen LogP contribution in [-0.4, -0.2) is 99.3 Å². The van der Waals surface area contributed by atoms with Gasteiger partial charge in [0.25, 0.3) is 0 Å². The first kappa shape index (κ1) is 53.6. The standard InChI is InChI=1S/C43H81O13P/c1-4-5-17-23-35(45)27-28-39-38(40(47)29-41(39)48)24-19-15-16-21-26-43(50)56-37(33-55-57(51,52)54-31-36(46)30-44)32-53-42(49)25-20-14-12-10-8-6-7-9-11-13-18-22-34(2)3/h27-28,34-41,44-48H,4-26,29-33H2,1-3H3,(H,51,52)/b28-27+/t35-,36-,37+,38+,39+,40-,41+/m0/s1. The summed E-state index contributed by atoms with van der Waals surface area (Å²) in [5, 5.41) is 49.7. The molecule has 14 heteroatoms. The molecule has 1 rings (SSSR count). The predicted molar refractivity (Wildman–Crippen MR) is 221 cm³/mol. The molecule has 1 aliphatic carbocycles. The Bertz CT molecular complexity index is 1090. The van der Waals surface area contributed by atoms with Crippen molar-refractivity contribution >= 4 is 19.8 Å². The topological polar surface area (TPSA) is 210 Å². The molecule has 1 fully saturated rings. The largest absolute Gasteiger partial charge is 0.472 e. The van der Waals surface area contributed by atoms with Gasteiger partial charge in [0.15, 0.2) is 6.10 Å². The Balaban J connectivity index is 2.44. The van der Waals surface area contributed by atoms with Gasteiger partial charge in [0.05, 0.1) is 38.1 Å². The average molecular weight is 837 g/mol. The number of rotatable bonds is 37. The van der Waals surface area contributed by atoms with Gasteiger partial charge in [0, 0.05) is 25.2 Å². The molecule has 0 spiro atoms. The minimum atomic E-state index is -4.67. The van der Waals surface area contributed by atoms with Gasteiger partial charge in [-0.1, -0.05) is 142 Å². The number of hydrogen-bond acceptors (Lipinski definition) is 12. The molecule has 6 N–H and O–H groups in total. The molecule has 0 aromatic heterocycles. The zero-order valence-corrected chi connectivity index (χ0v) is 36.5. The smallest absolute Gasteiger partial charge is 0.462 e. The second kappa shape index (κ2) is 33.3. The van der Waals surface area contributed by atoms with E-state index in [4.69, 9.17) is 19.1 Å².